The third-order valence-electron chi connectivity index (χ3n) is 0.228. The fraction of sp³-hybridized carbons (Fsp3) is 0. The fourth-order valence-electron chi connectivity index (χ4n) is 0. The minimum atomic E-state index is -0.231. The van der Waals surface area contributed by atoms with Gasteiger partial charge in [-0.05, 0) is 0 Å². The molecule has 1 radical (unpaired) electrons. The van der Waals surface area contributed by atoms with Crippen molar-refractivity contribution in [3.05, 3.63) is 19.6 Å². The zero-order chi connectivity index (χ0) is 4.28. The predicted molar refractivity (Wildman–Crippen MR) is 20.6 cm³/mol. The molecule has 0 saturated heterocycles. The molecule has 0 aliphatic carbocycles. The van der Waals surface area contributed by atoms with Crippen LogP contribution in [0.25, 0.3) is 0 Å². The van der Waals surface area contributed by atoms with E-state index < -0.39 is 0 Å². The van der Waals surface area contributed by atoms with Gasteiger partial charge in [0.25, 0.3) is 0 Å². The maximum atomic E-state index is 9.58. The molecule has 6 heavy (non-hydrogen) atoms. The molecule has 0 aromatic carbocycles. The Kier molecular flexibility index (Phi) is 9.23. The van der Waals surface area contributed by atoms with E-state index in [0.29, 0.717) is 0 Å². The molecule has 1 nitrogen and oxygen atoms in total. The van der Waals surface area contributed by atoms with Crippen molar-refractivity contribution in [1.82, 2.24) is 0 Å². The molecule has 0 bridgehead atoms. The van der Waals surface area contributed by atoms with Crippen molar-refractivity contribution in [2.24, 2.45) is 0 Å². The van der Waals surface area contributed by atoms with Crippen LogP contribution in [-0.4, -0.2) is 5.78 Å². The molecule has 0 aromatic heterocycles. The van der Waals surface area contributed by atoms with E-state index in [9.17, 15) is 4.79 Å². The monoisotopic (exact) mass is 210 g/mol. The molecule has 0 amide bonds. The van der Waals surface area contributed by atoms with Gasteiger partial charge < -0.3 is 4.79 Å². The molecular weight excluding hydrogens is 205 g/mol. The summed E-state index contributed by atoms with van der Waals surface area (Å²) in [6.07, 6.45) is 1.17. The summed E-state index contributed by atoms with van der Waals surface area (Å²) in [6, 6.07) is 0. The van der Waals surface area contributed by atoms with Gasteiger partial charge in [-0.15, -0.1) is 0 Å². The summed E-state index contributed by atoms with van der Waals surface area (Å²) < 4.78 is 0. The van der Waals surface area contributed by atoms with Crippen molar-refractivity contribution >= 4 is 5.78 Å². The van der Waals surface area contributed by atoms with E-state index in [1.807, 2.05) is 0 Å². The largest absolute Gasteiger partial charge is 0.333 e. The Morgan fingerprint density at radius 2 is 2.00 bits per heavy atom. The van der Waals surface area contributed by atoms with E-state index in [1.54, 1.807) is 0 Å². The number of carbonyl (C=O) groups is 1. The number of allylic oxidation sites excluding steroid dienone is 1. The van der Waals surface area contributed by atoms with Crippen molar-refractivity contribution in [3.8, 4) is 0 Å². The smallest absolute Gasteiger partial charge is 0.0142 e. The standard InChI is InChI=1S/C4H5O.Pr/c1-3-4(2)5;/h3H,1-2H2;/q-1;. The first kappa shape index (κ1) is 9.81. The van der Waals surface area contributed by atoms with Crippen LogP contribution in [0.2, 0.25) is 0 Å². The van der Waals surface area contributed by atoms with Crippen molar-refractivity contribution in [2.45, 2.75) is 0 Å². The summed E-state index contributed by atoms with van der Waals surface area (Å²) >= 11 is 0. The number of ketones is 1. The molecule has 31 valence electrons. The van der Waals surface area contributed by atoms with Crippen molar-refractivity contribution in [1.29, 1.82) is 0 Å². The normalized spacial score (nSPS) is 5.33. The van der Waals surface area contributed by atoms with Gasteiger partial charge >= 0.3 is 0 Å². The molecule has 0 N–H and O–H groups in total. The van der Waals surface area contributed by atoms with Gasteiger partial charge in [-0.25, -0.2) is 0 Å². The average Bonchev–Trinajstić information content (AvgIpc) is 1.38. The summed E-state index contributed by atoms with van der Waals surface area (Å²) in [4.78, 5) is 9.58. The molecule has 0 fully saturated rings. The Bertz CT molecular complexity index is 58.6. The molecule has 0 aromatic rings. The van der Waals surface area contributed by atoms with Crippen molar-refractivity contribution in [3.63, 3.8) is 0 Å². The maximum Gasteiger partial charge on any atom is 0.0142 e. The molecule has 2 heteroatoms. The van der Waals surface area contributed by atoms with E-state index in [2.05, 4.69) is 13.5 Å². The van der Waals surface area contributed by atoms with Gasteiger partial charge in [0.2, 0.25) is 0 Å². The zero-order valence-electron chi connectivity index (χ0n) is 3.48. The molecule has 0 aliphatic heterocycles. The van der Waals surface area contributed by atoms with Crippen LogP contribution in [0.3, 0.4) is 0 Å². The zero-order valence-corrected chi connectivity index (χ0v) is 7.18. The molecular formula is C4H5OPr-. The van der Waals surface area contributed by atoms with Crippen LogP contribution in [-0.2, 0) is 4.79 Å². The number of carbonyl (C=O) groups excluding carboxylic acids is 1. The first-order valence-corrected chi connectivity index (χ1v) is 1.25. The summed E-state index contributed by atoms with van der Waals surface area (Å²) in [7, 11) is 0. The Morgan fingerprint density at radius 1 is 1.83 bits per heavy atom. The second-order valence-corrected chi connectivity index (χ2v) is 0.670. The molecule has 0 saturated carbocycles. The first-order valence-electron chi connectivity index (χ1n) is 1.25. The SMILES string of the molecule is C=CC([CH2-])=O.[Pr]. The third kappa shape index (κ3) is 8.82. The Hall–Kier alpha value is 0.644. The molecule has 0 heterocycles. The van der Waals surface area contributed by atoms with Crippen LogP contribution >= 0.6 is 0 Å². The van der Waals surface area contributed by atoms with Gasteiger partial charge in [0.05, 0.1) is 0 Å². The van der Waals surface area contributed by atoms with E-state index in [1.165, 1.54) is 6.08 Å². The quantitative estimate of drug-likeness (QED) is 0.456. The van der Waals surface area contributed by atoms with Crippen LogP contribution in [0.4, 0.5) is 0 Å². The summed E-state index contributed by atoms with van der Waals surface area (Å²) in [5.74, 6) is -0.231. The predicted octanol–water partition coefficient (Wildman–Crippen LogP) is 0.576. The Balaban J connectivity index is 0. The molecule has 0 rings (SSSR count). The molecule has 0 aliphatic rings. The van der Waals surface area contributed by atoms with Gasteiger partial charge in [-0.1, -0.05) is 0 Å². The number of hydrogen-bond donors (Lipinski definition) is 0. The van der Waals surface area contributed by atoms with Crippen LogP contribution in [0.1, 0.15) is 0 Å². The maximum absolute atomic E-state index is 9.58. The van der Waals surface area contributed by atoms with E-state index in [4.69, 9.17) is 0 Å². The molecule has 0 spiro atoms. The summed E-state index contributed by atoms with van der Waals surface area (Å²) in [5, 5.41) is 0. The van der Waals surface area contributed by atoms with Crippen LogP contribution in [0.5, 0.6) is 0 Å². The molecule has 0 unspecified atom stereocenters. The summed E-state index contributed by atoms with van der Waals surface area (Å²) in [5.41, 5.74) is 0. The second kappa shape index (κ2) is 5.64. The Morgan fingerprint density at radius 3 is 2.00 bits per heavy atom. The van der Waals surface area contributed by atoms with Gasteiger partial charge in [0, 0.05) is 47.1 Å². The minimum Gasteiger partial charge on any atom is -0.333 e. The fourth-order valence-corrected chi connectivity index (χ4v) is 0. The topological polar surface area (TPSA) is 17.1 Å². The van der Waals surface area contributed by atoms with Gasteiger partial charge in [0.1, 0.15) is 0 Å². The molecule has 0 atom stereocenters. The van der Waals surface area contributed by atoms with Crippen LogP contribution in [0.15, 0.2) is 12.7 Å². The second-order valence-electron chi connectivity index (χ2n) is 0.670. The van der Waals surface area contributed by atoms with Gasteiger partial charge in [-0.3, -0.25) is 0 Å². The summed E-state index contributed by atoms with van der Waals surface area (Å²) in [6.45, 7) is 6.15. The average molecular weight is 210 g/mol. The van der Waals surface area contributed by atoms with E-state index in [-0.39, 0.29) is 47.1 Å². The Labute approximate surface area is 70.8 Å². The van der Waals surface area contributed by atoms with E-state index in [0.717, 1.165) is 0 Å². The van der Waals surface area contributed by atoms with Crippen molar-refractivity contribution < 1.29 is 46.1 Å². The van der Waals surface area contributed by atoms with Gasteiger partial charge in [0.15, 0.2) is 0 Å². The number of rotatable bonds is 1. The first-order chi connectivity index (χ1) is 2.27. The minimum absolute atomic E-state index is 0. The van der Waals surface area contributed by atoms with Crippen LogP contribution in [0, 0.1) is 48.2 Å². The van der Waals surface area contributed by atoms with Crippen molar-refractivity contribution in [2.75, 3.05) is 0 Å². The third-order valence-corrected chi connectivity index (χ3v) is 0.228. The van der Waals surface area contributed by atoms with Crippen LogP contribution < -0.4 is 0 Å². The van der Waals surface area contributed by atoms with E-state index >= 15 is 0 Å². The number of hydrogen-bond acceptors (Lipinski definition) is 1. The van der Waals surface area contributed by atoms with Gasteiger partial charge in [-0.2, -0.15) is 19.6 Å².